The Morgan fingerprint density at radius 2 is 2.20 bits per heavy atom. The predicted octanol–water partition coefficient (Wildman–Crippen LogP) is -1.46. The maximum atomic E-state index is 11.9. The molecular formula is C8H12N6O5S. The van der Waals surface area contributed by atoms with E-state index in [0.717, 1.165) is 0 Å². The highest BCUT2D eigenvalue weighted by Crippen LogP contribution is 2.35. The molecule has 0 unspecified atom stereocenters. The molecule has 1 N–H and O–H groups in total. The highest BCUT2D eigenvalue weighted by molar-refractivity contribution is 7.80. The largest absolute Gasteiger partial charge is 0.418 e. The average Bonchev–Trinajstić information content (AvgIpc) is 2.88. The summed E-state index contributed by atoms with van der Waals surface area (Å²) >= 11 is 0. The number of hydrogen-bond acceptors (Lipinski definition) is 7. The second kappa shape index (κ2) is 4.36. The van der Waals surface area contributed by atoms with E-state index < -0.39 is 22.5 Å². The maximum absolute atomic E-state index is 11.9. The lowest BCUT2D eigenvalue weighted by Gasteiger charge is -2.27. The van der Waals surface area contributed by atoms with Gasteiger partial charge in [-0.1, -0.05) is 0 Å². The molecule has 2 aliphatic heterocycles. The molecule has 11 nitrogen and oxygen atoms in total. The van der Waals surface area contributed by atoms with Gasteiger partial charge >= 0.3 is 16.4 Å². The summed E-state index contributed by atoms with van der Waals surface area (Å²) in [5, 5.41) is 12.4. The first-order valence-electron chi connectivity index (χ1n) is 5.84. The molecule has 0 spiro atoms. The van der Waals surface area contributed by atoms with Gasteiger partial charge in [0, 0.05) is 19.0 Å². The van der Waals surface area contributed by atoms with Crippen molar-refractivity contribution in [3.63, 3.8) is 0 Å². The van der Waals surface area contributed by atoms with Crippen molar-refractivity contribution in [1.29, 1.82) is 0 Å². The van der Waals surface area contributed by atoms with Crippen molar-refractivity contribution in [3.8, 4) is 0 Å². The highest BCUT2D eigenvalue weighted by atomic mass is 32.3. The molecule has 0 radical (unpaired) electrons. The summed E-state index contributed by atoms with van der Waals surface area (Å²) in [5.41, 5.74) is 0. The van der Waals surface area contributed by atoms with Crippen molar-refractivity contribution in [2.75, 3.05) is 13.1 Å². The van der Waals surface area contributed by atoms with Crippen LogP contribution in [0.4, 0.5) is 4.79 Å². The Morgan fingerprint density at radius 1 is 1.45 bits per heavy atom. The van der Waals surface area contributed by atoms with Gasteiger partial charge in [0.1, 0.15) is 0 Å². The molecule has 0 aromatic carbocycles. The van der Waals surface area contributed by atoms with E-state index in [1.54, 1.807) is 7.05 Å². The van der Waals surface area contributed by atoms with Crippen molar-refractivity contribution in [2.45, 2.75) is 18.4 Å². The Balaban J connectivity index is 1.90. The second-order valence-corrected chi connectivity index (χ2v) is 5.66. The number of aryl methyl sites for hydroxylation is 1. The first-order valence-corrected chi connectivity index (χ1v) is 7.21. The summed E-state index contributed by atoms with van der Waals surface area (Å²) in [7, 11) is -3.15. The smallest absolute Gasteiger partial charge is 0.321 e. The number of hydrogen-bond donors (Lipinski definition) is 1. The number of urea groups is 1. The number of nitrogens with zero attached hydrogens (tertiary/aromatic N) is 6. The van der Waals surface area contributed by atoms with Gasteiger partial charge in [-0.05, 0) is 11.6 Å². The minimum absolute atomic E-state index is 0.289. The third-order valence-electron chi connectivity index (χ3n) is 3.37. The van der Waals surface area contributed by atoms with Crippen LogP contribution in [0.1, 0.15) is 18.2 Å². The number of amides is 2. The fourth-order valence-corrected chi connectivity index (χ4v) is 2.94. The predicted molar refractivity (Wildman–Crippen MR) is 61.4 cm³/mol. The molecule has 2 bridgehead atoms. The summed E-state index contributed by atoms with van der Waals surface area (Å²) in [6.45, 7) is 0.723. The van der Waals surface area contributed by atoms with Crippen LogP contribution in [0.2, 0.25) is 0 Å². The standard InChI is InChI=1S/C8H12N6O5S/c1-12-10-7(9-11-12)5-2-3-13-4-6(5)14(8(13)15)19-20(16,17)18/h5-6H,2-4H2,1H3,(H,16,17,18)/t5-,6+/m1/s1. The van der Waals surface area contributed by atoms with E-state index in [-0.39, 0.29) is 12.5 Å². The Labute approximate surface area is 114 Å². The molecule has 3 heterocycles. The van der Waals surface area contributed by atoms with E-state index in [1.807, 2.05) is 0 Å². The molecule has 12 heteroatoms. The molecule has 3 rings (SSSR count). The van der Waals surface area contributed by atoms with Crippen LogP contribution >= 0.6 is 0 Å². The lowest BCUT2D eigenvalue weighted by Crippen LogP contribution is -2.40. The molecule has 2 aliphatic rings. The van der Waals surface area contributed by atoms with E-state index >= 15 is 0 Å². The number of tetrazole rings is 1. The molecule has 2 amide bonds. The second-order valence-electron chi connectivity index (χ2n) is 4.66. The lowest BCUT2D eigenvalue weighted by molar-refractivity contribution is -0.0378. The number of fused-ring (bicyclic) bond motifs is 2. The van der Waals surface area contributed by atoms with Crippen LogP contribution in [0.15, 0.2) is 0 Å². The number of aromatic nitrogens is 4. The maximum Gasteiger partial charge on any atom is 0.418 e. The van der Waals surface area contributed by atoms with E-state index in [2.05, 4.69) is 19.7 Å². The lowest BCUT2D eigenvalue weighted by atomic mass is 9.93. The SMILES string of the molecule is Cn1nnc([C@@H]2CCN3C[C@@H]2N(OS(=O)(=O)O)C3=O)n1. The zero-order valence-corrected chi connectivity index (χ0v) is 11.3. The third kappa shape index (κ3) is 2.21. The van der Waals surface area contributed by atoms with E-state index in [0.29, 0.717) is 23.9 Å². The Hall–Kier alpha value is -1.79. The van der Waals surface area contributed by atoms with Crippen molar-refractivity contribution >= 4 is 16.4 Å². The summed E-state index contributed by atoms with van der Waals surface area (Å²) in [6, 6.07) is -1.18. The average molecular weight is 304 g/mol. The summed E-state index contributed by atoms with van der Waals surface area (Å²) in [6.07, 6.45) is 0.563. The fraction of sp³-hybridized carbons (Fsp3) is 0.750. The molecule has 2 atom stereocenters. The van der Waals surface area contributed by atoms with Gasteiger partial charge in [0.15, 0.2) is 5.82 Å². The monoisotopic (exact) mass is 304 g/mol. The molecule has 110 valence electrons. The van der Waals surface area contributed by atoms with Gasteiger partial charge in [0.2, 0.25) is 0 Å². The van der Waals surface area contributed by atoms with Gasteiger partial charge in [0.25, 0.3) is 0 Å². The number of hydroxylamine groups is 2. The zero-order valence-electron chi connectivity index (χ0n) is 10.4. The minimum atomic E-state index is -4.76. The van der Waals surface area contributed by atoms with Crippen molar-refractivity contribution < 1.29 is 22.0 Å². The van der Waals surface area contributed by atoms with E-state index in [1.165, 1.54) is 9.70 Å². The van der Waals surface area contributed by atoms with Crippen molar-refractivity contribution in [2.24, 2.45) is 7.05 Å². The number of rotatable bonds is 3. The molecule has 2 saturated heterocycles. The van der Waals surface area contributed by atoms with Gasteiger partial charge in [-0.25, -0.2) is 4.79 Å². The van der Waals surface area contributed by atoms with Crippen LogP contribution in [-0.4, -0.2) is 68.3 Å². The van der Waals surface area contributed by atoms with Gasteiger partial charge in [0.05, 0.1) is 13.1 Å². The van der Waals surface area contributed by atoms with Crippen LogP contribution in [0.3, 0.4) is 0 Å². The first-order chi connectivity index (χ1) is 9.35. The van der Waals surface area contributed by atoms with Gasteiger partial charge in [-0.15, -0.1) is 14.5 Å². The minimum Gasteiger partial charge on any atom is -0.321 e. The van der Waals surface area contributed by atoms with E-state index in [9.17, 15) is 13.2 Å². The molecule has 1 aromatic heterocycles. The molecule has 1 aromatic rings. The number of piperidine rings is 1. The molecule has 0 aliphatic carbocycles. The van der Waals surface area contributed by atoms with Crippen molar-refractivity contribution in [1.82, 2.24) is 30.2 Å². The van der Waals surface area contributed by atoms with Crippen LogP contribution in [0.5, 0.6) is 0 Å². The molecule has 2 fully saturated rings. The van der Waals surface area contributed by atoms with Gasteiger partial charge in [-0.2, -0.15) is 18.3 Å². The zero-order chi connectivity index (χ0) is 14.5. The molecule has 0 saturated carbocycles. The Bertz CT molecular complexity index is 644. The van der Waals surface area contributed by atoms with Crippen LogP contribution in [0.25, 0.3) is 0 Å². The van der Waals surface area contributed by atoms with Crippen LogP contribution in [-0.2, 0) is 21.7 Å². The topological polar surface area (TPSA) is 131 Å². The summed E-state index contributed by atoms with van der Waals surface area (Å²) < 4.78 is 34.8. The quantitative estimate of drug-likeness (QED) is 0.670. The third-order valence-corrected chi connectivity index (χ3v) is 3.72. The van der Waals surface area contributed by atoms with E-state index in [4.69, 9.17) is 4.55 Å². The fourth-order valence-electron chi connectivity index (χ4n) is 2.56. The number of carbonyl (C=O) groups excluding carboxylic acids is 1. The summed E-state index contributed by atoms with van der Waals surface area (Å²) in [5.74, 6) is 0.115. The summed E-state index contributed by atoms with van der Waals surface area (Å²) in [4.78, 5) is 14.7. The number of carbonyl (C=O) groups is 1. The Morgan fingerprint density at radius 3 is 2.80 bits per heavy atom. The van der Waals surface area contributed by atoms with Crippen molar-refractivity contribution in [3.05, 3.63) is 5.82 Å². The highest BCUT2D eigenvalue weighted by Gasteiger charge is 2.49. The molecular weight excluding hydrogens is 292 g/mol. The van der Waals surface area contributed by atoms with Crippen LogP contribution < -0.4 is 0 Å². The normalized spacial score (nSPS) is 26.4. The van der Waals surface area contributed by atoms with Crippen LogP contribution in [0, 0.1) is 0 Å². The molecule has 20 heavy (non-hydrogen) atoms. The van der Waals surface area contributed by atoms with Gasteiger partial charge < -0.3 is 4.90 Å². The van der Waals surface area contributed by atoms with Gasteiger partial charge in [-0.3, -0.25) is 4.55 Å². The Kier molecular flexibility index (Phi) is 2.88. The first kappa shape index (κ1) is 13.2.